The van der Waals surface area contributed by atoms with Gasteiger partial charge in [-0.1, -0.05) is 116 Å². The first-order valence-corrected chi connectivity index (χ1v) is 15.6. The third-order valence-electron chi connectivity index (χ3n) is 8.57. The van der Waals surface area contributed by atoms with E-state index in [2.05, 4.69) is 158 Å². The highest BCUT2D eigenvalue weighted by atomic mass is 79.9. The second kappa shape index (κ2) is 8.78. The normalized spacial score (nSPS) is 13.0. The maximum atomic E-state index is 3.91. The quantitative estimate of drug-likeness (QED) is 0.123. The van der Waals surface area contributed by atoms with Crippen molar-refractivity contribution in [1.29, 1.82) is 0 Å². The van der Waals surface area contributed by atoms with E-state index in [0.717, 1.165) is 8.95 Å². The molecule has 40 heavy (non-hydrogen) atoms. The van der Waals surface area contributed by atoms with Gasteiger partial charge in [-0.05, 0) is 129 Å². The van der Waals surface area contributed by atoms with Gasteiger partial charge in [0.25, 0.3) is 0 Å². The van der Waals surface area contributed by atoms with Crippen LogP contribution < -0.4 is 0 Å². The van der Waals surface area contributed by atoms with E-state index in [0.29, 0.717) is 0 Å². The van der Waals surface area contributed by atoms with Gasteiger partial charge >= 0.3 is 0 Å². The molecule has 2 heteroatoms. The monoisotopic (exact) mass is 646 g/mol. The molecular formula is C38H32Br2. The highest BCUT2D eigenvalue weighted by Gasteiger charge is 2.22. The van der Waals surface area contributed by atoms with Gasteiger partial charge in [-0.15, -0.1) is 0 Å². The average molecular weight is 648 g/mol. The van der Waals surface area contributed by atoms with Crippen LogP contribution in [-0.2, 0) is 10.8 Å². The van der Waals surface area contributed by atoms with Gasteiger partial charge in [-0.3, -0.25) is 0 Å². The number of hydrogen-bond donors (Lipinski definition) is 0. The summed E-state index contributed by atoms with van der Waals surface area (Å²) >= 11 is 7.68. The van der Waals surface area contributed by atoms with Gasteiger partial charge in [0.15, 0.2) is 0 Å². The van der Waals surface area contributed by atoms with E-state index in [1.165, 1.54) is 76.1 Å². The molecule has 7 aromatic carbocycles. The Bertz CT molecular complexity index is 2140. The number of halogens is 2. The Labute approximate surface area is 253 Å². The molecule has 0 heterocycles. The molecule has 0 saturated heterocycles. The largest absolute Gasteiger partial charge is 0.0616 e. The lowest BCUT2D eigenvalue weighted by Gasteiger charge is -2.25. The van der Waals surface area contributed by atoms with Crippen LogP contribution in [0.4, 0.5) is 0 Å². The fourth-order valence-corrected chi connectivity index (χ4v) is 7.35. The summed E-state index contributed by atoms with van der Waals surface area (Å²) in [4.78, 5) is 0. The molecular weight excluding hydrogens is 616 g/mol. The number of fused-ring (bicyclic) bond motifs is 4. The molecule has 0 aliphatic heterocycles. The number of rotatable bonds is 1. The molecule has 0 nitrogen and oxygen atoms in total. The summed E-state index contributed by atoms with van der Waals surface area (Å²) in [6, 6.07) is 32.3. The van der Waals surface area contributed by atoms with Gasteiger partial charge in [0, 0.05) is 8.95 Å². The van der Waals surface area contributed by atoms with Crippen molar-refractivity contribution in [3.63, 3.8) is 0 Å². The van der Waals surface area contributed by atoms with Gasteiger partial charge in [0.1, 0.15) is 0 Å². The molecule has 0 unspecified atom stereocenters. The Kier molecular flexibility index (Phi) is 5.70. The lowest BCUT2D eigenvalue weighted by Crippen LogP contribution is -2.11. The first-order chi connectivity index (χ1) is 18.9. The minimum atomic E-state index is 0.0602. The van der Waals surface area contributed by atoms with Crippen LogP contribution in [0.25, 0.3) is 65.0 Å². The molecule has 7 aromatic rings. The molecule has 0 radical (unpaired) electrons. The molecule has 198 valence electrons. The summed E-state index contributed by atoms with van der Waals surface area (Å²) in [5, 5.41) is 13.3. The number of benzene rings is 7. The van der Waals surface area contributed by atoms with E-state index in [1.54, 1.807) is 0 Å². The van der Waals surface area contributed by atoms with E-state index < -0.39 is 0 Å². The molecule has 0 spiro atoms. The molecule has 0 bridgehead atoms. The van der Waals surface area contributed by atoms with Crippen molar-refractivity contribution in [1.82, 2.24) is 0 Å². The maximum absolute atomic E-state index is 3.91. The standard InChI is InChI=1S/C38H32Br2/c1-37(2,3)25-13-21-11-12-22-14-26(38(4,5)6)20-32-29-16-24-18-34(40)30(27-9-7-8-10-33(27)39)17-23(24)15-28(29)31(19-25)35(21)36(22)32/h7-20H,1-6H3. The van der Waals surface area contributed by atoms with Crippen molar-refractivity contribution in [3.8, 4) is 11.1 Å². The predicted octanol–water partition coefficient (Wildman–Crippen LogP) is 12.7. The summed E-state index contributed by atoms with van der Waals surface area (Å²) in [5.41, 5.74) is 5.26. The smallest absolute Gasteiger partial charge is 0.0260 e. The Morgan fingerprint density at radius 2 is 0.925 bits per heavy atom. The molecule has 0 aliphatic rings. The lowest BCUT2D eigenvalue weighted by molar-refractivity contribution is 0.591. The Morgan fingerprint density at radius 1 is 0.425 bits per heavy atom. The van der Waals surface area contributed by atoms with Crippen LogP contribution in [0.1, 0.15) is 52.7 Å². The summed E-state index contributed by atoms with van der Waals surface area (Å²) in [5.74, 6) is 0. The molecule has 7 rings (SSSR count). The molecule has 0 fully saturated rings. The highest BCUT2D eigenvalue weighted by Crippen LogP contribution is 2.46. The molecule has 0 aliphatic carbocycles. The van der Waals surface area contributed by atoms with Crippen molar-refractivity contribution < 1.29 is 0 Å². The van der Waals surface area contributed by atoms with Crippen LogP contribution >= 0.6 is 31.9 Å². The first-order valence-electron chi connectivity index (χ1n) is 14.0. The van der Waals surface area contributed by atoms with Gasteiger partial charge in [0.2, 0.25) is 0 Å². The van der Waals surface area contributed by atoms with E-state index in [-0.39, 0.29) is 10.8 Å². The first kappa shape index (κ1) is 26.0. The summed E-state index contributed by atoms with van der Waals surface area (Å²) in [6.07, 6.45) is 0. The average Bonchev–Trinajstić information content (AvgIpc) is 2.90. The van der Waals surface area contributed by atoms with E-state index in [9.17, 15) is 0 Å². The Morgan fingerprint density at radius 3 is 1.43 bits per heavy atom. The zero-order valence-electron chi connectivity index (χ0n) is 23.8. The fourth-order valence-electron chi connectivity index (χ4n) is 6.27. The van der Waals surface area contributed by atoms with Crippen molar-refractivity contribution in [2.45, 2.75) is 52.4 Å². The van der Waals surface area contributed by atoms with Crippen LogP contribution in [0.3, 0.4) is 0 Å². The SMILES string of the molecule is CC(C)(C)c1cc2ccc3cc(C(C)(C)C)cc4c5cc6cc(-c7ccccc7Br)c(Br)cc6cc5c(c1)c2c34. The second-order valence-electron chi connectivity index (χ2n) is 13.4. The van der Waals surface area contributed by atoms with Crippen molar-refractivity contribution in [2.75, 3.05) is 0 Å². The Hall–Kier alpha value is -2.94. The zero-order chi connectivity index (χ0) is 28.1. The highest BCUT2D eigenvalue weighted by molar-refractivity contribution is 9.11. The minimum Gasteiger partial charge on any atom is -0.0616 e. The zero-order valence-corrected chi connectivity index (χ0v) is 27.0. The lowest BCUT2D eigenvalue weighted by atomic mass is 9.79. The minimum absolute atomic E-state index is 0.0602. The topological polar surface area (TPSA) is 0 Å². The van der Waals surface area contributed by atoms with Crippen LogP contribution in [0.2, 0.25) is 0 Å². The maximum Gasteiger partial charge on any atom is 0.0260 e. The van der Waals surface area contributed by atoms with Crippen molar-refractivity contribution >= 4 is 85.7 Å². The molecule has 0 saturated carbocycles. The molecule has 0 aromatic heterocycles. The van der Waals surface area contributed by atoms with Gasteiger partial charge in [-0.25, -0.2) is 0 Å². The molecule has 0 atom stereocenters. The van der Waals surface area contributed by atoms with Crippen LogP contribution in [0.5, 0.6) is 0 Å². The van der Waals surface area contributed by atoms with E-state index >= 15 is 0 Å². The van der Waals surface area contributed by atoms with Gasteiger partial charge in [-0.2, -0.15) is 0 Å². The molecule has 0 N–H and O–H groups in total. The predicted molar refractivity (Wildman–Crippen MR) is 183 cm³/mol. The second-order valence-corrected chi connectivity index (χ2v) is 15.1. The summed E-state index contributed by atoms with van der Waals surface area (Å²) in [6.45, 7) is 13.9. The van der Waals surface area contributed by atoms with Crippen LogP contribution in [0.15, 0.2) is 93.9 Å². The van der Waals surface area contributed by atoms with E-state index in [4.69, 9.17) is 0 Å². The fraction of sp³-hybridized carbons (Fsp3) is 0.211. The van der Waals surface area contributed by atoms with Crippen molar-refractivity contribution in [3.05, 3.63) is 105 Å². The summed E-state index contributed by atoms with van der Waals surface area (Å²) < 4.78 is 2.21. The Balaban J connectivity index is 1.69. The van der Waals surface area contributed by atoms with Crippen molar-refractivity contribution in [2.24, 2.45) is 0 Å². The van der Waals surface area contributed by atoms with E-state index in [1.807, 2.05) is 0 Å². The third-order valence-corrected chi connectivity index (χ3v) is 9.92. The van der Waals surface area contributed by atoms with Gasteiger partial charge < -0.3 is 0 Å². The van der Waals surface area contributed by atoms with Gasteiger partial charge in [0.05, 0.1) is 0 Å². The molecule has 0 amide bonds. The summed E-state index contributed by atoms with van der Waals surface area (Å²) in [7, 11) is 0. The third kappa shape index (κ3) is 3.98. The van der Waals surface area contributed by atoms with Crippen LogP contribution in [0, 0.1) is 0 Å². The van der Waals surface area contributed by atoms with Crippen LogP contribution in [-0.4, -0.2) is 0 Å². The number of hydrogen-bond acceptors (Lipinski definition) is 0.